The third kappa shape index (κ3) is 19.3. The Balaban J connectivity index is -0.000000602. The SMILES string of the molecule is O=C(O)CN(CCN(CC(=O)O)CC(=O)O)CC(=O)O.[Co].[Cu].[Cu]. The van der Waals surface area contributed by atoms with E-state index in [1.54, 1.807) is 0 Å². The zero-order valence-electron chi connectivity index (χ0n) is 11.5. The van der Waals surface area contributed by atoms with E-state index < -0.39 is 50.1 Å². The monoisotopic (exact) mass is 477 g/mol. The standard InChI is InChI=1S/C10H16N2O8.Co.2Cu/c13-7(14)3-11(4-8(15)16)1-2-12(5-9(17)18)6-10(19)20;;;/h1-6H2,(H,13,14)(H,15,16)(H,17,18)(H,19,20);;;. The van der Waals surface area contributed by atoms with E-state index in [1.165, 1.54) is 0 Å². The summed E-state index contributed by atoms with van der Waals surface area (Å²) in [6.45, 7) is -2.25. The van der Waals surface area contributed by atoms with Gasteiger partial charge in [-0.05, 0) is 0 Å². The summed E-state index contributed by atoms with van der Waals surface area (Å²) in [6.07, 6.45) is 0. The molecule has 13 heteroatoms. The van der Waals surface area contributed by atoms with Gasteiger partial charge in [-0.15, -0.1) is 0 Å². The number of nitrogens with zero attached hydrogens (tertiary/aromatic N) is 2. The summed E-state index contributed by atoms with van der Waals surface area (Å²) < 4.78 is 0. The Kier molecular flexibility index (Phi) is 21.3. The molecule has 0 spiro atoms. The van der Waals surface area contributed by atoms with Crippen molar-refractivity contribution in [2.45, 2.75) is 0 Å². The number of hydrogen-bond donors (Lipinski definition) is 4. The molecule has 0 aromatic rings. The van der Waals surface area contributed by atoms with Gasteiger partial charge in [0.05, 0.1) is 26.2 Å². The van der Waals surface area contributed by atoms with Gasteiger partial charge in [-0.25, -0.2) is 0 Å². The molecule has 0 aromatic heterocycles. The smallest absolute Gasteiger partial charge is 0.317 e. The van der Waals surface area contributed by atoms with Gasteiger partial charge in [0, 0.05) is 64.0 Å². The molecular formula is C10H16CoCu2N2O8. The van der Waals surface area contributed by atoms with Gasteiger partial charge in [0.15, 0.2) is 0 Å². The van der Waals surface area contributed by atoms with Crippen LogP contribution in [0.5, 0.6) is 0 Å². The summed E-state index contributed by atoms with van der Waals surface area (Å²) in [7, 11) is 0. The summed E-state index contributed by atoms with van der Waals surface area (Å²) in [5.41, 5.74) is 0. The third-order valence-corrected chi connectivity index (χ3v) is 2.17. The minimum Gasteiger partial charge on any atom is -0.480 e. The normalized spacial score (nSPS) is 9.30. The average molecular weight is 478 g/mol. The summed E-state index contributed by atoms with van der Waals surface area (Å²) >= 11 is 0. The first-order chi connectivity index (χ1) is 9.20. The number of hydrogen-bond acceptors (Lipinski definition) is 6. The van der Waals surface area contributed by atoms with Gasteiger partial charge >= 0.3 is 23.9 Å². The van der Waals surface area contributed by atoms with E-state index in [-0.39, 0.29) is 64.0 Å². The molecule has 0 aromatic carbocycles. The fourth-order valence-electron chi connectivity index (χ4n) is 1.48. The largest absolute Gasteiger partial charge is 0.480 e. The van der Waals surface area contributed by atoms with Gasteiger partial charge in [-0.2, -0.15) is 0 Å². The molecule has 0 amide bonds. The van der Waals surface area contributed by atoms with Gasteiger partial charge in [-0.3, -0.25) is 29.0 Å². The molecular weight excluding hydrogens is 462 g/mol. The van der Waals surface area contributed by atoms with Gasteiger partial charge in [0.25, 0.3) is 0 Å². The van der Waals surface area contributed by atoms with Gasteiger partial charge in [0.1, 0.15) is 0 Å². The maximum atomic E-state index is 10.6. The van der Waals surface area contributed by atoms with Crippen LogP contribution in [0, 0.1) is 0 Å². The van der Waals surface area contributed by atoms with E-state index in [2.05, 4.69) is 0 Å². The van der Waals surface area contributed by atoms with E-state index in [9.17, 15) is 19.2 Å². The zero-order valence-corrected chi connectivity index (χ0v) is 14.4. The Bertz CT molecular complexity index is 331. The molecule has 0 heterocycles. The van der Waals surface area contributed by atoms with Crippen molar-refractivity contribution in [3.63, 3.8) is 0 Å². The van der Waals surface area contributed by atoms with E-state index in [4.69, 9.17) is 20.4 Å². The molecule has 4 N–H and O–H groups in total. The first kappa shape index (κ1) is 30.3. The quantitative estimate of drug-likeness (QED) is 0.243. The minimum atomic E-state index is -1.23. The molecule has 145 valence electrons. The van der Waals surface area contributed by atoms with Crippen LogP contribution in [0.1, 0.15) is 0 Å². The first-order valence-corrected chi connectivity index (χ1v) is 5.52. The molecule has 0 atom stereocenters. The topological polar surface area (TPSA) is 156 Å². The molecule has 0 fully saturated rings. The molecule has 0 unspecified atom stereocenters. The predicted octanol–water partition coefficient (Wildman–Crippen LogP) is -2.08. The molecule has 0 aliphatic heterocycles. The van der Waals surface area contributed by atoms with Crippen molar-refractivity contribution in [3.05, 3.63) is 0 Å². The molecule has 0 bridgehead atoms. The predicted molar refractivity (Wildman–Crippen MR) is 63.4 cm³/mol. The van der Waals surface area contributed by atoms with Crippen molar-refractivity contribution in [1.29, 1.82) is 0 Å². The van der Waals surface area contributed by atoms with E-state index in [0.717, 1.165) is 9.80 Å². The number of aliphatic carboxylic acids is 4. The van der Waals surface area contributed by atoms with E-state index in [0.29, 0.717) is 0 Å². The van der Waals surface area contributed by atoms with Crippen LogP contribution in [0.4, 0.5) is 0 Å². The van der Waals surface area contributed by atoms with Crippen molar-refractivity contribution < 1.29 is 90.5 Å². The Morgan fingerprint density at radius 1 is 0.565 bits per heavy atom. The second kappa shape index (κ2) is 16.2. The first-order valence-electron chi connectivity index (χ1n) is 5.52. The maximum Gasteiger partial charge on any atom is 0.317 e. The van der Waals surface area contributed by atoms with Crippen LogP contribution in [0.3, 0.4) is 0 Å². The molecule has 0 aliphatic rings. The summed E-state index contributed by atoms with van der Waals surface area (Å²) in [5.74, 6) is -4.91. The van der Waals surface area contributed by atoms with Crippen molar-refractivity contribution in [1.82, 2.24) is 9.80 Å². The zero-order chi connectivity index (χ0) is 15.7. The van der Waals surface area contributed by atoms with Crippen LogP contribution in [0.25, 0.3) is 0 Å². The summed E-state index contributed by atoms with van der Waals surface area (Å²) in [6, 6.07) is 0. The number of carbonyl (C=O) groups is 4. The fraction of sp³-hybridized carbons (Fsp3) is 0.600. The molecule has 23 heavy (non-hydrogen) atoms. The van der Waals surface area contributed by atoms with Crippen LogP contribution in [0.15, 0.2) is 0 Å². The van der Waals surface area contributed by atoms with Crippen LogP contribution in [0.2, 0.25) is 0 Å². The second-order valence-corrected chi connectivity index (χ2v) is 4.00. The Hall–Kier alpha value is -0.655. The van der Waals surface area contributed by atoms with Crippen molar-refractivity contribution in [2.75, 3.05) is 39.3 Å². The van der Waals surface area contributed by atoms with Gasteiger partial charge in [-0.1, -0.05) is 0 Å². The Morgan fingerprint density at radius 3 is 0.870 bits per heavy atom. The van der Waals surface area contributed by atoms with Crippen molar-refractivity contribution in [3.8, 4) is 0 Å². The molecule has 3 radical (unpaired) electrons. The Labute approximate surface area is 163 Å². The average Bonchev–Trinajstić information content (AvgIpc) is 2.22. The number of rotatable bonds is 11. The van der Waals surface area contributed by atoms with Crippen molar-refractivity contribution in [2.24, 2.45) is 0 Å². The second-order valence-electron chi connectivity index (χ2n) is 4.00. The molecule has 10 nitrogen and oxygen atoms in total. The van der Waals surface area contributed by atoms with Crippen LogP contribution < -0.4 is 0 Å². The molecule has 0 saturated carbocycles. The van der Waals surface area contributed by atoms with Crippen molar-refractivity contribution >= 4 is 23.9 Å². The Morgan fingerprint density at radius 2 is 0.739 bits per heavy atom. The van der Waals surface area contributed by atoms with E-state index >= 15 is 0 Å². The van der Waals surface area contributed by atoms with E-state index in [1.807, 2.05) is 0 Å². The third-order valence-electron chi connectivity index (χ3n) is 2.17. The molecule has 0 saturated heterocycles. The van der Waals surface area contributed by atoms with Crippen LogP contribution in [-0.4, -0.2) is 93.4 Å². The van der Waals surface area contributed by atoms with Gasteiger partial charge < -0.3 is 20.4 Å². The molecule has 0 aliphatic carbocycles. The van der Waals surface area contributed by atoms with Gasteiger partial charge in [0.2, 0.25) is 0 Å². The van der Waals surface area contributed by atoms with Crippen LogP contribution in [-0.2, 0) is 70.1 Å². The minimum absolute atomic E-state index is 0. The summed E-state index contributed by atoms with van der Waals surface area (Å²) in [4.78, 5) is 44.4. The number of carboxylic acids is 4. The summed E-state index contributed by atoms with van der Waals surface area (Å²) in [5, 5.41) is 34.5. The maximum absolute atomic E-state index is 10.6. The van der Waals surface area contributed by atoms with Crippen LogP contribution >= 0.6 is 0 Å². The number of carboxylic acid groups (broad SMARTS) is 4. The fourth-order valence-corrected chi connectivity index (χ4v) is 1.48. The molecule has 0 rings (SSSR count).